The highest BCUT2D eigenvalue weighted by molar-refractivity contribution is 6.21. The van der Waals surface area contributed by atoms with E-state index in [1.54, 1.807) is 43.0 Å². The number of amides is 3. The normalized spacial score (nSPS) is 23.1. The Bertz CT molecular complexity index is 822. The van der Waals surface area contributed by atoms with Gasteiger partial charge in [-0.15, -0.1) is 0 Å². The van der Waals surface area contributed by atoms with Crippen LogP contribution in [0.25, 0.3) is 0 Å². The number of aliphatic hydroxyl groups is 1. The minimum atomic E-state index is -1.61. The summed E-state index contributed by atoms with van der Waals surface area (Å²) >= 11 is 0. The summed E-state index contributed by atoms with van der Waals surface area (Å²) in [5, 5.41) is 15.8. The van der Waals surface area contributed by atoms with Gasteiger partial charge in [-0.3, -0.25) is 14.4 Å². The fourth-order valence-electron chi connectivity index (χ4n) is 3.36. The van der Waals surface area contributed by atoms with Gasteiger partial charge in [-0.25, -0.2) is 0 Å². The summed E-state index contributed by atoms with van der Waals surface area (Å²) in [6.45, 7) is 6.89. The lowest BCUT2D eigenvalue weighted by Gasteiger charge is -2.33. The number of piperazine rings is 1. The van der Waals surface area contributed by atoms with Gasteiger partial charge in [-0.05, 0) is 38.5 Å². The zero-order valence-corrected chi connectivity index (χ0v) is 15.8. The third-order valence-electron chi connectivity index (χ3n) is 5.23. The fraction of sp³-hybridized carbons (Fsp3) is 0.474. The average molecular weight is 372 g/mol. The number of rotatable bonds is 4. The summed E-state index contributed by atoms with van der Waals surface area (Å²) in [6, 6.07) is 6.53. The molecular formula is C19H24N4O4. The summed E-state index contributed by atoms with van der Waals surface area (Å²) < 4.78 is 0. The summed E-state index contributed by atoms with van der Waals surface area (Å²) in [5.41, 5.74) is -0.498. The van der Waals surface area contributed by atoms with E-state index < -0.39 is 11.5 Å². The number of benzene rings is 1. The van der Waals surface area contributed by atoms with Gasteiger partial charge >= 0.3 is 0 Å². The van der Waals surface area contributed by atoms with Crippen molar-refractivity contribution in [3.63, 3.8) is 0 Å². The van der Waals surface area contributed by atoms with Crippen LogP contribution < -0.4 is 5.01 Å². The smallest absolute Gasteiger partial charge is 0.285 e. The van der Waals surface area contributed by atoms with Gasteiger partial charge in [0.1, 0.15) is 6.54 Å². The van der Waals surface area contributed by atoms with Crippen LogP contribution >= 0.6 is 0 Å². The van der Waals surface area contributed by atoms with Crippen molar-refractivity contribution in [2.24, 2.45) is 5.10 Å². The second kappa shape index (κ2) is 7.11. The van der Waals surface area contributed by atoms with Crippen molar-refractivity contribution in [1.29, 1.82) is 0 Å². The van der Waals surface area contributed by atoms with Crippen molar-refractivity contribution < 1.29 is 19.5 Å². The van der Waals surface area contributed by atoms with Gasteiger partial charge in [0.25, 0.3) is 11.8 Å². The monoisotopic (exact) mass is 372 g/mol. The first-order chi connectivity index (χ1) is 12.8. The molecule has 2 aliphatic heterocycles. The van der Waals surface area contributed by atoms with Crippen LogP contribution in [-0.4, -0.2) is 70.1 Å². The molecule has 144 valence electrons. The maximum absolute atomic E-state index is 12.8. The molecule has 2 heterocycles. The van der Waals surface area contributed by atoms with Crippen LogP contribution in [0.5, 0.6) is 0 Å². The number of hydrazone groups is 1. The highest BCUT2D eigenvalue weighted by Crippen LogP contribution is 2.29. The van der Waals surface area contributed by atoms with Crippen molar-refractivity contribution in [2.45, 2.75) is 32.8 Å². The number of anilines is 1. The molecule has 0 spiro atoms. The van der Waals surface area contributed by atoms with Crippen molar-refractivity contribution >= 4 is 29.1 Å². The first-order valence-electron chi connectivity index (χ1n) is 9.11. The van der Waals surface area contributed by atoms with E-state index in [0.717, 1.165) is 5.01 Å². The van der Waals surface area contributed by atoms with E-state index in [4.69, 9.17) is 0 Å². The molecular weight excluding hydrogens is 348 g/mol. The van der Waals surface area contributed by atoms with E-state index in [-0.39, 0.29) is 24.8 Å². The molecule has 1 aromatic carbocycles. The van der Waals surface area contributed by atoms with Gasteiger partial charge in [0, 0.05) is 25.2 Å². The second-order valence-electron chi connectivity index (χ2n) is 6.77. The van der Waals surface area contributed by atoms with E-state index in [1.807, 2.05) is 6.92 Å². The van der Waals surface area contributed by atoms with Crippen molar-refractivity contribution in [3.8, 4) is 0 Å². The number of likely N-dealkylation sites (N-methyl/N-ethyl adjacent to an activating group) is 1. The Morgan fingerprint density at radius 2 is 2.00 bits per heavy atom. The summed E-state index contributed by atoms with van der Waals surface area (Å²) in [4.78, 5) is 40.7. The molecule has 0 radical (unpaired) electrons. The standard InChI is InChI=1S/C19H24N4O4/c1-4-19(27)13(3)20-23(18(19)26)15-8-6-7-14(11-15)17(25)22-10-9-21(5-2)16(24)12-22/h6-8,11,27H,4-5,9-10,12H2,1-3H3. The molecule has 1 aromatic rings. The predicted octanol–water partition coefficient (Wildman–Crippen LogP) is 0.854. The number of carbonyl (C=O) groups is 3. The third kappa shape index (κ3) is 3.21. The first-order valence-corrected chi connectivity index (χ1v) is 9.11. The zero-order chi connectivity index (χ0) is 19.8. The Kier molecular flexibility index (Phi) is 5.01. The molecule has 0 saturated carbocycles. The molecule has 0 aliphatic carbocycles. The Balaban J connectivity index is 1.82. The number of hydrogen-bond acceptors (Lipinski definition) is 5. The minimum absolute atomic E-state index is 0.0480. The predicted molar refractivity (Wildman–Crippen MR) is 100 cm³/mol. The van der Waals surface area contributed by atoms with E-state index in [9.17, 15) is 19.5 Å². The Hall–Kier alpha value is -2.74. The van der Waals surface area contributed by atoms with Crippen molar-refractivity contribution in [3.05, 3.63) is 29.8 Å². The molecule has 0 bridgehead atoms. The van der Waals surface area contributed by atoms with E-state index in [2.05, 4.69) is 5.10 Å². The molecule has 27 heavy (non-hydrogen) atoms. The molecule has 2 aliphatic rings. The lowest BCUT2D eigenvalue weighted by molar-refractivity contribution is -0.134. The SMILES string of the molecule is CCN1CCN(C(=O)c2cccc(N3N=C(C)C(O)(CC)C3=O)c2)CC1=O. The fourth-order valence-corrected chi connectivity index (χ4v) is 3.36. The Morgan fingerprint density at radius 3 is 2.59 bits per heavy atom. The van der Waals surface area contributed by atoms with E-state index in [1.165, 1.54) is 4.90 Å². The molecule has 3 amide bonds. The van der Waals surface area contributed by atoms with Crippen LogP contribution in [-0.2, 0) is 9.59 Å². The van der Waals surface area contributed by atoms with Gasteiger partial charge in [0.2, 0.25) is 5.91 Å². The van der Waals surface area contributed by atoms with Gasteiger partial charge in [-0.1, -0.05) is 13.0 Å². The highest BCUT2D eigenvalue weighted by atomic mass is 16.3. The van der Waals surface area contributed by atoms with Gasteiger partial charge in [0.05, 0.1) is 11.4 Å². The molecule has 8 nitrogen and oxygen atoms in total. The molecule has 0 aromatic heterocycles. The number of hydrogen-bond donors (Lipinski definition) is 1. The minimum Gasteiger partial charge on any atom is -0.374 e. The van der Waals surface area contributed by atoms with Gasteiger partial charge in [0.15, 0.2) is 5.60 Å². The molecule has 1 unspecified atom stereocenters. The zero-order valence-electron chi connectivity index (χ0n) is 15.8. The topological polar surface area (TPSA) is 93.5 Å². The van der Waals surface area contributed by atoms with Crippen LogP contribution in [0.4, 0.5) is 5.69 Å². The van der Waals surface area contributed by atoms with Gasteiger partial charge < -0.3 is 14.9 Å². The molecule has 1 atom stereocenters. The Morgan fingerprint density at radius 1 is 1.26 bits per heavy atom. The van der Waals surface area contributed by atoms with Gasteiger partial charge in [-0.2, -0.15) is 10.1 Å². The Labute approximate surface area is 158 Å². The van der Waals surface area contributed by atoms with Crippen LogP contribution in [0.3, 0.4) is 0 Å². The number of nitrogens with zero attached hydrogens (tertiary/aromatic N) is 4. The number of carbonyl (C=O) groups excluding carboxylic acids is 3. The van der Waals surface area contributed by atoms with Crippen LogP contribution in [0.2, 0.25) is 0 Å². The van der Waals surface area contributed by atoms with Crippen LogP contribution in [0.1, 0.15) is 37.6 Å². The maximum Gasteiger partial charge on any atom is 0.285 e. The van der Waals surface area contributed by atoms with Crippen LogP contribution in [0, 0.1) is 0 Å². The first kappa shape index (κ1) is 19.0. The van der Waals surface area contributed by atoms with E-state index >= 15 is 0 Å². The molecule has 1 saturated heterocycles. The molecule has 1 N–H and O–H groups in total. The third-order valence-corrected chi connectivity index (χ3v) is 5.23. The molecule has 8 heteroatoms. The average Bonchev–Trinajstić information content (AvgIpc) is 2.92. The quantitative estimate of drug-likeness (QED) is 0.848. The molecule has 3 rings (SSSR count). The summed E-state index contributed by atoms with van der Waals surface area (Å²) in [7, 11) is 0. The largest absolute Gasteiger partial charge is 0.374 e. The lowest BCUT2D eigenvalue weighted by atomic mass is 9.95. The summed E-state index contributed by atoms with van der Waals surface area (Å²) in [6.07, 6.45) is 0.222. The maximum atomic E-state index is 12.8. The van der Waals surface area contributed by atoms with Crippen molar-refractivity contribution in [1.82, 2.24) is 9.80 Å². The lowest BCUT2D eigenvalue weighted by Crippen LogP contribution is -2.52. The molecule has 1 fully saturated rings. The summed E-state index contributed by atoms with van der Waals surface area (Å²) in [5.74, 6) is -0.867. The second-order valence-corrected chi connectivity index (χ2v) is 6.77. The highest BCUT2D eigenvalue weighted by Gasteiger charge is 2.46. The van der Waals surface area contributed by atoms with E-state index in [0.29, 0.717) is 36.6 Å². The van der Waals surface area contributed by atoms with Crippen LogP contribution in [0.15, 0.2) is 29.4 Å². The van der Waals surface area contributed by atoms with Crippen molar-refractivity contribution in [2.75, 3.05) is 31.2 Å².